The monoisotopic (exact) mass is 271 g/mol. The molecule has 3 aromatic carbocycles. The lowest BCUT2D eigenvalue weighted by Crippen LogP contribution is -2.09. The molecule has 2 heteroatoms. The van der Waals surface area contributed by atoms with Crippen LogP contribution < -0.4 is 4.74 Å². The van der Waals surface area contributed by atoms with Crippen LogP contribution in [-0.2, 0) is 0 Å². The van der Waals surface area contributed by atoms with Crippen LogP contribution in [0, 0.1) is 0 Å². The van der Waals surface area contributed by atoms with Gasteiger partial charge in [-0.3, -0.25) is 0 Å². The van der Waals surface area contributed by atoms with E-state index in [1.807, 2.05) is 66.7 Å². The Bertz CT molecular complexity index is 822. The summed E-state index contributed by atoms with van der Waals surface area (Å²) in [6.07, 6.45) is 0. The van der Waals surface area contributed by atoms with Crippen LogP contribution in [0.3, 0.4) is 0 Å². The van der Waals surface area contributed by atoms with E-state index in [4.69, 9.17) is 9.73 Å². The van der Waals surface area contributed by atoms with E-state index >= 15 is 0 Å². The Morgan fingerprint density at radius 3 is 2.14 bits per heavy atom. The maximum atomic E-state index is 6.08. The number of hydrogen-bond donors (Lipinski definition) is 0. The molecule has 1 aliphatic rings. The summed E-state index contributed by atoms with van der Waals surface area (Å²) in [5.74, 6) is 1.47. The highest BCUT2D eigenvalue weighted by Crippen LogP contribution is 2.39. The topological polar surface area (TPSA) is 21.6 Å². The molecule has 100 valence electrons. The summed E-state index contributed by atoms with van der Waals surface area (Å²) in [6.45, 7) is 0. The predicted octanol–water partition coefficient (Wildman–Crippen LogP) is 4.82. The normalized spacial score (nSPS) is 12.5. The number of para-hydroxylation sites is 2. The van der Waals surface area contributed by atoms with Crippen molar-refractivity contribution in [3.8, 4) is 16.9 Å². The van der Waals surface area contributed by atoms with Gasteiger partial charge in [-0.15, -0.1) is 0 Å². The van der Waals surface area contributed by atoms with Crippen molar-refractivity contribution in [2.75, 3.05) is 0 Å². The van der Waals surface area contributed by atoms with Gasteiger partial charge in [0.2, 0.25) is 5.90 Å². The minimum Gasteiger partial charge on any atom is -0.438 e. The molecule has 0 atom stereocenters. The number of fused-ring (bicyclic) bond motifs is 3. The highest BCUT2D eigenvalue weighted by Gasteiger charge is 2.17. The Balaban J connectivity index is 1.96. The van der Waals surface area contributed by atoms with Gasteiger partial charge in [-0.05, 0) is 24.3 Å². The Labute approximate surface area is 123 Å². The van der Waals surface area contributed by atoms with Crippen molar-refractivity contribution in [3.63, 3.8) is 0 Å². The van der Waals surface area contributed by atoms with Crippen LogP contribution in [0.25, 0.3) is 11.1 Å². The number of benzene rings is 3. The van der Waals surface area contributed by atoms with E-state index in [9.17, 15) is 0 Å². The van der Waals surface area contributed by atoms with Crippen molar-refractivity contribution in [3.05, 3.63) is 84.4 Å². The zero-order chi connectivity index (χ0) is 14.1. The molecule has 0 aliphatic carbocycles. The fourth-order valence-corrected chi connectivity index (χ4v) is 2.52. The number of nitrogens with zero attached hydrogens (tertiary/aromatic N) is 1. The standard InChI is InChI=1S/C19H13NO/c1-2-8-14(9-3-1)19-20-17-12-6-4-10-15(17)16-11-5-7-13-18(16)21-19/h1-13H. The van der Waals surface area contributed by atoms with Gasteiger partial charge in [0.05, 0.1) is 5.69 Å². The summed E-state index contributed by atoms with van der Waals surface area (Å²) >= 11 is 0. The van der Waals surface area contributed by atoms with E-state index in [2.05, 4.69) is 12.1 Å². The van der Waals surface area contributed by atoms with Crippen molar-refractivity contribution in [2.24, 2.45) is 4.99 Å². The van der Waals surface area contributed by atoms with Gasteiger partial charge in [-0.25, -0.2) is 4.99 Å². The maximum absolute atomic E-state index is 6.08. The van der Waals surface area contributed by atoms with E-state index < -0.39 is 0 Å². The summed E-state index contributed by atoms with van der Waals surface area (Å²) in [4.78, 5) is 4.72. The van der Waals surface area contributed by atoms with Crippen molar-refractivity contribution >= 4 is 11.6 Å². The minimum absolute atomic E-state index is 0.632. The Morgan fingerprint density at radius 1 is 0.619 bits per heavy atom. The van der Waals surface area contributed by atoms with E-state index in [0.717, 1.165) is 28.1 Å². The largest absolute Gasteiger partial charge is 0.438 e. The molecule has 0 aromatic heterocycles. The molecule has 4 rings (SSSR count). The summed E-state index contributed by atoms with van der Waals surface area (Å²) < 4.78 is 6.08. The van der Waals surface area contributed by atoms with Crippen LogP contribution in [0.5, 0.6) is 5.75 Å². The first kappa shape index (κ1) is 11.9. The molecule has 2 nitrogen and oxygen atoms in total. The Hall–Kier alpha value is -2.87. The third kappa shape index (κ3) is 2.11. The van der Waals surface area contributed by atoms with Crippen LogP contribution in [0.4, 0.5) is 5.69 Å². The molecule has 1 heterocycles. The maximum Gasteiger partial charge on any atom is 0.227 e. The van der Waals surface area contributed by atoms with Crippen molar-refractivity contribution in [2.45, 2.75) is 0 Å². The Morgan fingerprint density at radius 2 is 1.29 bits per heavy atom. The number of ether oxygens (including phenoxy) is 1. The van der Waals surface area contributed by atoms with Crippen LogP contribution in [0.2, 0.25) is 0 Å². The quantitative estimate of drug-likeness (QED) is 0.621. The number of rotatable bonds is 1. The number of aliphatic imine (C=N–C) groups is 1. The summed E-state index contributed by atoms with van der Waals surface area (Å²) in [5.41, 5.74) is 4.08. The lowest BCUT2D eigenvalue weighted by molar-refractivity contribution is 0.557. The van der Waals surface area contributed by atoms with E-state index in [1.165, 1.54) is 0 Å². The fourth-order valence-electron chi connectivity index (χ4n) is 2.52. The van der Waals surface area contributed by atoms with Gasteiger partial charge >= 0.3 is 0 Å². The van der Waals surface area contributed by atoms with E-state index in [1.54, 1.807) is 0 Å². The number of hydrogen-bond acceptors (Lipinski definition) is 2. The lowest BCUT2D eigenvalue weighted by Gasteiger charge is -2.09. The highest BCUT2D eigenvalue weighted by molar-refractivity contribution is 6.01. The molecule has 0 amide bonds. The molecule has 3 aromatic rings. The van der Waals surface area contributed by atoms with Gasteiger partial charge < -0.3 is 4.74 Å². The molecule has 0 radical (unpaired) electrons. The SMILES string of the molecule is c1ccc(C2=Nc3ccccc3-c3ccccc3O2)cc1. The molecule has 0 unspecified atom stereocenters. The van der Waals surface area contributed by atoms with Crippen LogP contribution in [0.15, 0.2) is 83.9 Å². The summed E-state index contributed by atoms with van der Waals surface area (Å²) in [6, 6.07) is 26.2. The second-order valence-corrected chi connectivity index (χ2v) is 4.90. The molecular formula is C19H13NO. The molecule has 21 heavy (non-hydrogen) atoms. The van der Waals surface area contributed by atoms with Gasteiger partial charge in [-0.2, -0.15) is 0 Å². The third-order valence-corrected chi connectivity index (χ3v) is 3.53. The predicted molar refractivity (Wildman–Crippen MR) is 85.1 cm³/mol. The second-order valence-electron chi connectivity index (χ2n) is 4.90. The zero-order valence-corrected chi connectivity index (χ0v) is 11.4. The summed E-state index contributed by atoms with van der Waals surface area (Å²) in [5, 5.41) is 0. The lowest BCUT2D eigenvalue weighted by atomic mass is 10.0. The van der Waals surface area contributed by atoms with Crippen LogP contribution in [0.1, 0.15) is 5.56 Å². The molecule has 0 fully saturated rings. The molecule has 0 spiro atoms. The first-order valence-corrected chi connectivity index (χ1v) is 6.92. The third-order valence-electron chi connectivity index (χ3n) is 3.53. The fraction of sp³-hybridized carbons (Fsp3) is 0. The minimum atomic E-state index is 0.632. The molecular weight excluding hydrogens is 258 g/mol. The van der Waals surface area contributed by atoms with Gasteiger partial charge in [-0.1, -0.05) is 54.6 Å². The molecule has 0 bridgehead atoms. The molecule has 0 saturated carbocycles. The van der Waals surface area contributed by atoms with Crippen LogP contribution in [-0.4, -0.2) is 5.90 Å². The van der Waals surface area contributed by atoms with Gasteiger partial charge in [0.15, 0.2) is 0 Å². The molecule has 0 N–H and O–H groups in total. The average Bonchev–Trinajstić information content (AvgIpc) is 2.72. The van der Waals surface area contributed by atoms with Crippen molar-refractivity contribution in [1.82, 2.24) is 0 Å². The zero-order valence-electron chi connectivity index (χ0n) is 11.4. The molecule has 0 saturated heterocycles. The molecule has 1 aliphatic heterocycles. The van der Waals surface area contributed by atoms with E-state index in [-0.39, 0.29) is 0 Å². The Kier molecular flexibility index (Phi) is 2.79. The first-order valence-electron chi connectivity index (χ1n) is 6.92. The highest BCUT2D eigenvalue weighted by atomic mass is 16.5. The van der Waals surface area contributed by atoms with Crippen molar-refractivity contribution in [1.29, 1.82) is 0 Å². The van der Waals surface area contributed by atoms with Gasteiger partial charge in [0.25, 0.3) is 0 Å². The van der Waals surface area contributed by atoms with Crippen LogP contribution >= 0.6 is 0 Å². The smallest absolute Gasteiger partial charge is 0.227 e. The van der Waals surface area contributed by atoms with Crippen molar-refractivity contribution < 1.29 is 4.74 Å². The van der Waals surface area contributed by atoms with Gasteiger partial charge in [0.1, 0.15) is 5.75 Å². The van der Waals surface area contributed by atoms with E-state index in [0.29, 0.717) is 5.90 Å². The second kappa shape index (κ2) is 4.91. The average molecular weight is 271 g/mol. The summed E-state index contributed by atoms with van der Waals surface area (Å²) in [7, 11) is 0. The first-order chi connectivity index (χ1) is 10.4. The van der Waals surface area contributed by atoms with Gasteiger partial charge in [0, 0.05) is 16.7 Å².